The molecule has 0 spiro atoms. The molecule has 2 nitrogen and oxygen atoms in total. The van der Waals surface area contributed by atoms with Crippen LogP contribution in [0, 0.1) is 0 Å². The standard InChI is InChI=1S/C11H16N2/c1-13-9-8-12-11(13)10-6-4-2-3-5-7-10/h6,8-9H,2-5,7H2,1H3. The Kier molecular flexibility index (Phi) is 2.48. The normalized spacial score (nSPS) is 18.1. The molecule has 0 atom stereocenters. The Morgan fingerprint density at radius 1 is 1.31 bits per heavy atom. The maximum absolute atomic E-state index is 4.38. The quantitative estimate of drug-likeness (QED) is 0.643. The number of hydrogen-bond acceptors (Lipinski definition) is 1. The van der Waals surface area contributed by atoms with Gasteiger partial charge in [-0.25, -0.2) is 4.98 Å². The van der Waals surface area contributed by atoms with Crippen molar-refractivity contribution in [2.24, 2.45) is 7.05 Å². The van der Waals surface area contributed by atoms with Crippen LogP contribution in [-0.4, -0.2) is 9.55 Å². The van der Waals surface area contributed by atoms with Crippen molar-refractivity contribution in [3.63, 3.8) is 0 Å². The Hall–Kier alpha value is -1.05. The minimum Gasteiger partial charge on any atom is -0.334 e. The molecule has 70 valence electrons. The van der Waals surface area contributed by atoms with E-state index in [1.54, 1.807) is 0 Å². The van der Waals surface area contributed by atoms with Gasteiger partial charge in [-0.05, 0) is 31.3 Å². The van der Waals surface area contributed by atoms with E-state index in [9.17, 15) is 0 Å². The second-order valence-electron chi connectivity index (χ2n) is 3.69. The molecular formula is C11H16N2. The molecule has 0 saturated carbocycles. The predicted molar refractivity (Wildman–Crippen MR) is 54.3 cm³/mol. The zero-order chi connectivity index (χ0) is 9.10. The topological polar surface area (TPSA) is 17.8 Å². The van der Waals surface area contributed by atoms with Crippen LogP contribution in [0.5, 0.6) is 0 Å². The maximum Gasteiger partial charge on any atom is 0.135 e. The van der Waals surface area contributed by atoms with E-state index in [0.717, 1.165) is 5.82 Å². The maximum atomic E-state index is 4.38. The summed E-state index contributed by atoms with van der Waals surface area (Å²) in [5.41, 5.74) is 1.44. The SMILES string of the molecule is Cn1ccnc1C1=CCCCCC1. The lowest BCUT2D eigenvalue weighted by Crippen LogP contribution is -1.95. The molecule has 0 aromatic carbocycles. The first-order valence-electron chi connectivity index (χ1n) is 5.04. The number of hydrogen-bond donors (Lipinski definition) is 0. The van der Waals surface area contributed by atoms with E-state index in [-0.39, 0.29) is 0 Å². The van der Waals surface area contributed by atoms with Crippen LogP contribution >= 0.6 is 0 Å². The van der Waals surface area contributed by atoms with E-state index in [0.29, 0.717) is 0 Å². The van der Waals surface area contributed by atoms with Crippen LogP contribution in [0.3, 0.4) is 0 Å². The molecule has 0 radical (unpaired) electrons. The number of allylic oxidation sites excluding steroid dienone is 2. The molecule has 2 rings (SSSR count). The number of aromatic nitrogens is 2. The van der Waals surface area contributed by atoms with Crippen molar-refractivity contribution in [1.82, 2.24) is 9.55 Å². The Balaban J connectivity index is 2.24. The van der Waals surface area contributed by atoms with Crippen molar-refractivity contribution < 1.29 is 0 Å². The lowest BCUT2D eigenvalue weighted by Gasteiger charge is -2.04. The highest BCUT2D eigenvalue weighted by Crippen LogP contribution is 2.24. The minimum atomic E-state index is 1.15. The summed E-state index contributed by atoms with van der Waals surface area (Å²) in [5.74, 6) is 1.15. The van der Waals surface area contributed by atoms with Gasteiger partial charge < -0.3 is 4.57 Å². The number of nitrogens with zero attached hydrogens (tertiary/aromatic N) is 2. The fourth-order valence-electron chi connectivity index (χ4n) is 1.89. The van der Waals surface area contributed by atoms with Crippen LogP contribution in [-0.2, 0) is 7.05 Å². The molecule has 2 heteroatoms. The molecular weight excluding hydrogens is 160 g/mol. The van der Waals surface area contributed by atoms with Gasteiger partial charge >= 0.3 is 0 Å². The van der Waals surface area contributed by atoms with Crippen LogP contribution in [0.1, 0.15) is 37.9 Å². The van der Waals surface area contributed by atoms with Crippen molar-refractivity contribution in [1.29, 1.82) is 0 Å². The van der Waals surface area contributed by atoms with Gasteiger partial charge in [-0.2, -0.15) is 0 Å². The van der Waals surface area contributed by atoms with Crippen LogP contribution in [0.25, 0.3) is 5.57 Å². The summed E-state index contributed by atoms with van der Waals surface area (Å²) in [6, 6.07) is 0. The van der Waals surface area contributed by atoms with Gasteiger partial charge in [-0.15, -0.1) is 0 Å². The van der Waals surface area contributed by atoms with Crippen molar-refractivity contribution in [2.45, 2.75) is 32.1 Å². The lowest BCUT2D eigenvalue weighted by molar-refractivity contribution is 0.718. The highest BCUT2D eigenvalue weighted by atomic mass is 15.0. The molecule has 1 aromatic rings. The van der Waals surface area contributed by atoms with E-state index in [4.69, 9.17) is 0 Å². The largest absolute Gasteiger partial charge is 0.334 e. The first-order chi connectivity index (χ1) is 6.38. The highest BCUT2D eigenvalue weighted by Gasteiger charge is 2.08. The molecule has 0 unspecified atom stereocenters. The van der Waals surface area contributed by atoms with Crippen molar-refractivity contribution in [2.75, 3.05) is 0 Å². The third kappa shape index (κ3) is 1.82. The van der Waals surface area contributed by atoms with Gasteiger partial charge in [0.15, 0.2) is 0 Å². The zero-order valence-electron chi connectivity index (χ0n) is 8.16. The predicted octanol–water partition coefficient (Wildman–Crippen LogP) is 2.77. The van der Waals surface area contributed by atoms with E-state index in [2.05, 4.69) is 22.7 Å². The fraction of sp³-hybridized carbons (Fsp3) is 0.545. The van der Waals surface area contributed by atoms with Crippen LogP contribution in [0.4, 0.5) is 0 Å². The third-order valence-electron chi connectivity index (χ3n) is 2.65. The molecule has 0 aliphatic heterocycles. The second-order valence-corrected chi connectivity index (χ2v) is 3.69. The first kappa shape index (κ1) is 8.54. The van der Waals surface area contributed by atoms with Crippen LogP contribution in [0.2, 0.25) is 0 Å². The van der Waals surface area contributed by atoms with Gasteiger partial charge in [-0.3, -0.25) is 0 Å². The van der Waals surface area contributed by atoms with Gasteiger partial charge in [0.05, 0.1) is 0 Å². The Labute approximate surface area is 79.3 Å². The Morgan fingerprint density at radius 3 is 3.00 bits per heavy atom. The second kappa shape index (κ2) is 3.77. The number of aryl methyl sites for hydroxylation is 1. The van der Waals surface area contributed by atoms with E-state index in [1.807, 2.05) is 12.4 Å². The summed E-state index contributed by atoms with van der Waals surface area (Å²) in [7, 11) is 2.06. The van der Waals surface area contributed by atoms with Crippen molar-refractivity contribution in [3.05, 3.63) is 24.3 Å². The molecule has 13 heavy (non-hydrogen) atoms. The summed E-state index contributed by atoms with van der Waals surface area (Å²) >= 11 is 0. The van der Waals surface area contributed by atoms with Crippen molar-refractivity contribution in [3.8, 4) is 0 Å². The average Bonchev–Trinajstić information content (AvgIpc) is 2.43. The molecule has 1 heterocycles. The Morgan fingerprint density at radius 2 is 2.23 bits per heavy atom. The number of imidazole rings is 1. The number of rotatable bonds is 1. The smallest absolute Gasteiger partial charge is 0.135 e. The average molecular weight is 176 g/mol. The Bertz CT molecular complexity index is 310. The van der Waals surface area contributed by atoms with Gasteiger partial charge in [-0.1, -0.05) is 12.5 Å². The summed E-state index contributed by atoms with van der Waals surface area (Å²) < 4.78 is 2.11. The van der Waals surface area contributed by atoms with Gasteiger partial charge in [0, 0.05) is 19.4 Å². The first-order valence-corrected chi connectivity index (χ1v) is 5.04. The van der Waals surface area contributed by atoms with Gasteiger partial charge in [0.1, 0.15) is 5.82 Å². The highest BCUT2D eigenvalue weighted by molar-refractivity contribution is 5.60. The molecule has 0 amide bonds. The zero-order valence-corrected chi connectivity index (χ0v) is 8.16. The van der Waals surface area contributed by atoms with E-state index in [1.165, 1.54) is 37.7 Å². The van der Waals surface area contributed by atoms with Gasteiger partial charge in [0.2, 0.25) is 0 Å². The molecule has 1 aliphatic rings. The molecule has 0 N–H and O–H groups in total. The van der Waals surface area contributed by atoms with Gasteiger partial charge in [0.25, 0.3) is 0 Å². The summed E-state index contributed by atoms with van der Waals surface area (Å²) in [4.78, 5) is 4.38. The molecule has 1 aromatic heterocycles. The third-order valence-corrected chi connectivity index (χ3v) is 2.65. The van der Waals surface area contributed by atoms with E-state index < -0.39 is 0 Å². The van der Waals surface area contributed by atoms with E-state index >= 15 is 0 Å². The fourth-order valence-corrected chi connectivity index (χ4v) is 1.89. The van der Waals surface area contributed by atoms with Crippen molar-refractivity contribution >= 4 is 5.57 Å². The molecule has 0 saturated heterocycles. The lowest BCUT2D eigenvalue weighted by atomic mass is 10.1. The monoisotopic (exact) mass is 176 g/mol. The summed E-state index contributed by atoms with van der Waals surface area (Å²) in [6.45, 7) is 0. The van der Waals surface area contributed by atoms with Crippen LogP contribution in [0.15, 0.2) is 18.5 Å². The molecule has 1 aliphatic carbocycles. The minimum absolute atomic E-state index is 1.15. The summed E-state index contributed by atoms with van der Waals surface area (Å²) in [6.07, 6.45) is 12.7. The summed E-state index contributed by atoms with van der Waals surface area (Å²) in [5, 5.41) is 0. The molecule has 0 fully saturated rings. The molecule has 0 bridgehead atoms. The van der Waals surface area contributed by atoms with Crippen LogP contribution < -0.4 is 0 Å².